The fourth-order valence-electron chi connectivity index (χ4n) is 1.21. The molecular formula is C10H4Br2Cl2N2. The topological polar surface area (TPSA) is 25.8 Å². The van der Waals surface area contributed by atoms with Crippen molar-refractivity contribution in [3.05, 3.63) is 43.6 Å². The zero-order valence-corrected chi connectivity index (χ0v) is 12.4. The van der Waals surface area contributed by atoms with Crippen LogP contribution < -0.4 is 0 Å². The van der Waals surface area contributed by atoms with Gasteiger partial charge in [0.2, 0.25) is 0 Å². The Morgan fingerprint density at radius 2 is 1.88 bits per heavy atom. The quantitative estimate of drug-likeness (QED) is 0.695. The van der Waals surface area contributed by atoms with Crippen molar-refractivity contribution in [1.82, 2.24) is 9.97 Å². The molecule has 0 saturated carbocycles. The molecule has 1 aromatic carbocycles. The molecule has 0 atom stereocenters. The molecule has 0 unspecified atom stereocenters. The minimum absolute atomic E-state index is 0.542. The second-order valence-corrected chi connectivity index (χ2v) is 5.36. The fraction of sp³-hybridized carbons (Fsp3) is 0. The van der Waals surface area contributed by atoms with Crippen LogP contribution in [0.5, 0.6) is 0 Å². The van der Waals surface area contributed by atoms with Crippen LogP contribution in [-0.2, 0) is 0 Å². The van der Waals surface area contributed by atoms with Crippen LogP contribution in [0.15, 0.2) is 33.6 Å². The summed E-state index contributed by atoms with van der Waals surface area (Å²) in [5, 5.41) is 1.13. The summed E-state index contributed by atoms with van der Waals surface area (Å²) in [6, 6.07) is 5.25. The Bertz CT molecular complexity index is 546. The van der Waals surface area contributed by atoms with Crippen molar-refractivity contribution in [3.63, 3.8) is 0 Å². The van der Waals surface area contributed by atoms with E-state index >= 15 is 0 Å². The molecule has 0 bridgehead atoms. The van der Waals surface area contributed by atoms with E-state index in [0.717, 1.165) is 5.56 Å². The van der Waals surface area contributed by atoms with Crippen molar-refractivity contribution in [3.8, 4) is 11.3 Å². The first-order valence-electron chi connectivity index (χ1n) is 4.21. The molecule has 0 radical (unpaired) electrons. The normalized spacial score (nSPS) is 10.5. The molecule has 0 aliphatic rings. The number of hydrogen-bond acceptors (Lipinski definition) is 2. The van der Waals surface area contributed by atoms with Gasteiger partial charge in [0.1, 0.15) is 14.9 Å². The molecule has 1 aromatic heterocycles. The van der Waals surface area contributed by atoms with Crippen molar-refractivity contribution >= 4 is 55.1 Å². The Hall–Kier alpha value is -0.160. The molecular weight excluding hydrogens is 379 g/mol. The van der Waals surface area contributed by atoms with Crippen LogP contribution in [-0.4, -0.2) is 9.97 Å². The summed E-state index contributed by atoms with van der Waals surface area (Å²) < 4.78 is 1.29. The maximum atomic E-state index is 6.10. The molecule has 1 heterocycles. The van der Waals surface area contributed by atoms with Gasteiger partial charge >= 0.3 is 0 Å². The Kier molecular flexibility index (Phi) is 3.85. The summed E-state index contributed by atoms with van der Waals surface area (Å²) in [6.45, 7) is 0. The molecule has 0 aliphatic carbocycles. The highest BCUT2D eigenvalue weighted by molar-refractivity contribution is 9.11. The predicted molar refractivity (Wildman–Crippen MR) is 72.9 cm³/mol. The monoisotopic (exact) mass is 380 g/mol. The number of rotatable bonds is 1. The lowest BCUT2D eigenvalue weighted by atomic mass is 10.1. The van der Waals surface area contributed by atoms with Gasteiger partial charge in [0.05, 0.1) is 11.2 Å². The number of aromatic nitrogens is 2. The molecule has 16 heavy (non-hydrogen) atoms. The summed E-state index contributed by atoms with van der Waals surface area (Å²) in [4.78, 5) is 8.45. The summed E-state index contributed by atoms with van der Waals surface area (Å²) in [5.74, 6) is 0. The van der Waals surface area contributed by atoms with Crippen LogP contribution in [0.3, 0.4) is 0 Å². The maximum absolute atomic E-state index is 6.10. The van der Waals surface area contributed by atoms with Crippen molar-refractivity contribution < 1.29 is 0 Å². The van der Waals surface area contributed by atoms with E-state index in [4.69, 9.17) is 23.2 Å². The summed E-state index contributed by atoms with van der Waals surface area (Å²) in [5.41, 5.74) is 1.46. The van der Waals surface area contributed by atoms with Crippen LogP contribution >= 0.6 is 55.1 Å². The van der Waals surface area contributed by atoms with Crippen molar-refractivity contribution in [1.29, 1.82) is 0 Å². The van der Waals surface area contributed by atoms with Crippen molar-refractivity contribution in [2.75, 3.05) is 0 Å². The van der Waals surface area contributed by atoms with Gasteiger partial charge < -0.3 is 0 Å². The van der Waals surface area contributed by atoms with E-state index in [-0.39, 0.29) is 0 Å². The smallest absolute Gasteiger partial charge is 0.132 e. The SMILES string of the molecule is Clc1ccc(-c2nc(Br)cnc2Br)c(Cl)c1. The molecule has 2 nitrogen and oxygen atoms in total. The van der Waals surface area contributed by atoms with E-state index < -0.39 is 0 Å². The van der Waals surface area contributed by atoms with Crippen molar-refractivity contribution in [2.45, 2.75) is 0 Å². The molecule has 2 rings (SSSR count). The van der Waals surface area contributed by atoms with Gasteiger partial charge in [0.25, 0.3) is 0 Å². The highest BCUT2D eigenvalue weighted by Gasteiger charge is 2.11. The lowest BCUT2D eigenvalue weighted by Crippen LogP contribution is -1.90. The lowest BCUT2D eigenvalue weighted by molar-refractivity contribution is 1.14. The third-order valence-corrected chi connectivity index (χ3v) is 3.39. The van der Waals surface area contributed by atoms with Crippen molar-refractivity contribution in [2.24, 2.45) is 0 Å². The third-order valence-electron chi connectivity index (χ3n) is 1.88. The molecule has 2 aromatic rings. The zero-order valence-electron chi connectivity index (χ0n) is 7.72. The third kappa shape index (κ3) is 2.56. The molecule has 0 aliphatic heterocycles. The number of halogens is 4. The second-order valence-electron chi connectivity index (χ2n) is 2.96. The predicted octanol–water partition coefficient (Wildman–Crippen LogP) is 4.98. The minimum Gasteiger partial charge on any atom is -0.244 e. The molecule has 0 amide bonds. The van der Waals surface area contributed by atoms with E-state index in [9.17, 15) is 0 Å². The number of hydrogen-bond donors (Lipinski definition) is 0. The van der Waals surface area contributed by atoms with Gasteiger partial charge in [0, 0.05) is 10.6 Å². The Labute approximate surface area is 119 Å². The molecule has 82 valence electrons. The van der Waals surface area contributed by atoms with Gasteiger partial charge in [-0.1, -0.05) is 23.2 Å². The maximum Gasteiger partial charge on any atom is 0.132 e. The fourth-order valence-corrected chi connectivity index (χ4v) is 2.39. The Balaban J connectivity index is 2.62. The average Bonchev–Trinajstić information content (AvgIpc) is 2.22. The first-order valence-corrected chi connectivity index (χ1v) is 6.55. The molecule has 0 saturated heterocycles. The first kappa shape index (κ1) is 12.3. The van der Waals surface area contributed by atoms with Crippen LogP contribution in [0.1, 0.15) is 0 Å². The van der Waals surface area contributed by atoms with E-state index in [2.05, 4.69) is 41.8 Å². The van der Waals surface area contributed by atoms with Gasteiger partial charge in [0.15, 0.2) is 0 Å². The van der Waals surface area contributed by atoms with Crippen LogP contribution in [0.25, 0.3) is 11.3 Å². The second kappa shape index (κ2) is 5.00. The Morgan fingerprint density at radius 3 is 2.56 bits per heavy atom. The van der Waals surface area contributed by atoms with Gasteiger partial charge in [-0.05, 0) is 50.1 Å². The molecule has 0 N–H and O–H groups in total. The summed E-state index contributed by atoms with van der Waals surface area (Å²) in [7, 11) is 0. The van der Waals surface area contributed by atoms with Gasteiger partial charge in [-0.3, -0.25) is 0 Å². The highest BCUT2D eigenvalue weighted by Crippen LogP contribution is 2.33. The van der Waals surface area contributed by atoms with Crippen LogP contribution in [0, 0.1) is 0 Å². The molecule has 0 spiro atoms. The van der Waals surface area contributed by atoms with E-state index in [1.165, 1.54) is 0 Å². The van der Waals surface area contributed by atoms with E-state index in [0.29, 0.717) is 24.9 Å². The summed E-state index contributed by atoms with van der Waals surface area (Å²) in [6.07, 6.45) is 1.61. The van der Waals surface area contributed by atoms with Crippen LogP contribution in [0.4, 0.5) is 0 Å². The van der Waals surface area contributed by atoms with E-state index in [1.54, 1.807) is 18.3 Å². The zero-order chi connectivity index (χ0) is 11.7. The largest absolute Gasteiger partial charge is 0.244 e. The van der Waals surface area contributed by atoms with Gasteiger partial charge in [-0.2, -0.15) is 0 Å². The van der Waals surface area contributed by atoms with Gasteiger partial charge in [-0.15, -0.1) is 0 Å². The van der Waals surface area contributed by atoms with Gasteiger partial charge in [-0.25, -0.2) is 9.97 Å². The first-order chi connectivity index (χ1) is 7.58. The molecule has 6 heteroatoms. The molecule has 0 fully saturated rings. The number of benzene rings is 1. The summed E-state index contributed by atoms with van der Waals surface area (Å²) >= 11 is 18.5. The lowest BCUT2D eigenvalue weighted by Gasteiger charge is -2.06. The number of nitrogens with zero attached hydrogens (tertiary/aromatic N) is 2. The van der Waals surface area contributed by atoms with Crippen LogP contribution in [0.2, 0.25) is 10.0 Å². The average molecular weight is 383 g/mol. The minimum atomic E-state index is 0.542. The Morgan fingerprint density at radius 1 is 1.12 bits per heavy atom. The standard InChI is InChI=1S/C10H4Br2Cl2N2/c11-8-4-15-10(12)9(16-8)6-2-1-5(13)3-7(6)14/h1-4H. The van der Waals surface area contributed by atoms with E-state index in [1.807, 2.05) is 6.07 Å². The highest BCUT2D eigenvalue weighted by atomic mass is 79.9.